The van der Waals surface area contributed by atoms with Crippen LogP contribution in [0, 0.1) is 6.92 Å². The molecule has 0 heterocycles. The standard InChI is InChI=1S/C16H26N2O2S/c1-13-8-10-16(11-9-13)21(19,20)18-14(2)12-17-15-6-4-3-5-7-15/h8-11,14-15,17-18H,3-7,12H2,1-2H3. The van der Waals surface area contributed by atoms with Gasteiger partial charge in [0.2, 0.25) is 10.0 Å². The van der Waals surface area contributed by atoms with E-state index in [1.807, 2.05) is 26.0 Å². The quantitative estimate of drug-likeness (QED) is 0.849. The van der Waals surface area contributed by atoms with Crippen molar-refractivity contribution in [1.82, 2.24) is 10.0 Å². The highest BCUT2D eigenvalue weighted by atomic mass is 32.2. The lowest BCUT2D eigenvalue weighted by atomic mass is 9.95. The van der Waals surface area contributed by atoms with Crippen molar-refractivity contribution in [3.05, 3.63) is 29.8 Å². The topological polar surface area (TPSA) is 58.2 Å². The lowest BCUT2D eigenvalue weighted by molar-refractivity contribution is 0.364. The Bertz CT molecular complexity index is 534. The van der Waals surface area contributed by atoms with Crippen LogP contribution in [0.1, 0.15) is 44.6 Å². The largest absolute Gasteiger partial charge is 0.312 e. The maximum Gasteiger partial charge on any atom is 0.240 e. The fraction of sp³-hybridized carbons (Fsp3) is 0.625. The predicted octanol–water partition coefficient (Wildman–Crippen LogP) is 2.58. The van der Waals surface area contributed by atoms with Gasteiger partial charge in [-0.1, -0.05) is 37.0 Å². The first-order chi connectivity index (χ1) is 9.97. The number of rotatable bonds is 6. The van der Waals surface area contributed by atoms with Crippen LogP contribution in [0.3, 0.4) is 0 Å². The summed E-state index contributed by atoms with van der Waals surface area (Å²) in [6.07, 6.45) is 6.30. The van der Waals surface area contributed by atoms with Crippen LogP contribution in [0.2, 0.25) is 0 Å². The SMILES string of the molecule is Cc1ccc(S(=O)(=O)NC(C)CNC2CCCCC2)cc1. The van der Waals surface area contributed by atoms with Crippen LogP contribution >= 0.6 is 0 Å². The lowest BCUT2D eigenvalue weighted by Crippen LogP contribution is -2.43. The summed E-state index contributed by atoms with van der Waals surface area (Å²) >= 11 is 0. The van der Waals surface area contributed by atoms with Crippen molar-refractivity contribution < 1.29 is 8.42 Å². The molecule has 0 bridgehead atoms. The molecule has 0 spiro atoms. The molecule has 1 atom stereocenters. The van der Waals surface area contributed by atoms with Gasteiger partial charge in [0.25, 0.3) is 0 Å². The summed E-state index contributed by atoms with van der Waals surface area (Å²) in [5, 5.41) is 3.48. The van der Waals surface area contributed by atoms with Crippen molar-refractivity contribution in [3.63, 3.8) is 0 Å². The summed E-state index contributed by atoms with van der Waals surface area (Å²) in [6.45, 7) is 4.53. The number of sulfonamides is 1. The third kappa shape index (κ3) is 5.09. The summed E-state index contributed by atoms with van der Waals surface area (Å²) < 4.78 is 27.3. The molecule has 0 radical (unpaired) electrons. The molecule has 5 heteroatoms. The molecule has 0 aliphatic heterocycles. The molecule has 1 aromatic rings. The molecular weight excluding hydrogens is 284 g/mol. The maximum atomic E-state index is 12.3. The van der Waals surface area contributed by atoms with Gasteiger partial charge in [-0.05, 0) is 38.8 Å². The van der Waals surface area contributed by atoms with Crippen LogP contribution < -0.4 is 10.0 Å². The summed E-state index contributed by atoms with van der Waals surface area (Å²) in [7, 11) is -3.42. The second-order valence-electron chi connectivity index (χ2n) is 6.08. The third-order valence-electron chi connectivity index (χ3n) is 4.01. The van der Waals surface area contributed by atoms with E-state index >= 15 is 0 Å². The second kappa shape index (κ2) is 7.38. The van der Waals surface area contributed by atoms with E-state index in [1.54, 1.807) is 12.1 Å². The Kier molecular flexibility index (Phi) is 5.79. The lowest BCUT2D eigenvalue weighted by Gasteiger charge is -2.25. The van der Waals surface area contributed by atoms with Crippen molar-refractivity contribution in [2.75, 3.05) is 6.54 Å². The van der Waals surface area contributed by atoms with Crippen LogP contribution in [0.5, 0.6) is 0 Å². The highest BCUT2D eigenvalue weighted by Gasteiger charge is 2.18. The average Bonchev–Trinajstić information content (AvgIpc) is 2.46. The normalized spacial score (nSPS) is 18.6. The Balaban J connectivity index is 1.85. The van der Waals surface area contributed by atoms with E-state index in [1.165, 1.54) is 32.1 Å². The van der Waals surface area contributed by atoms with E-state index in [9.17, 15) is 8.42 Å². The van der Waals surface area contributed by atoms with Crippen molar-refractivity contribution in [2.24, 2.45) is 0 Å². The van der Waals surface area contributed by atoms with Crippen molar-refractivity contribution >= 4 is 10.0 Å². The van der Waals surface area contributed by atoms with Gasteiger partial charge >= 0.3 is 0 Å². The van der Waals surface area contributed by atoms with Crippen LogP contribution in [-0.4, -0.2) is 27.0 Å². The van der Waals surface area contributed by atoms with Gasteiger partial charge < -0.3 is 5.32 Å². The van der Waals surface area contributed by atoms with Gasteiger partial charge in [0.05, 0.1) is 4.90 Å². The fourth-order valence-electron chi connectivity index (χ4n) is 2.74. The van der Waals surface area contributed by atoms with Crippen LogP contribution in [-0.2, 0) is 10.0 Å². The Labute approximate surface area is 128 Å². The maximum absolute atomic E-state index is 12.3. The second-order valence-corrected chi connectivity index (χ2v) is 7.79. The average molecular weight is 310 g/mol. The Morgan fingerprint density at radius 3 is 2.38 bits per heavy atom. The van der Waals surface area contributed by atoms with Gasteiger partial charge in [-0.25, -0.2) is 13.1 Å². The molecule has 21 heavy (non-hydrogen) atoms. The molecule has 1 unspecified atom stereocenters. The van der Waals surface area contributed by atoms with Crippen molar-refractivity contribution in [2.45, 2.75) is 62.9 Å². The molecule has 1 aromatic carbocycles. The molecule has 0 aromatic heterocycles. The summed E-state index contributed by atoms with van der Waals surface area (Å²) in [4.78, 5) is 0.331. The minimum absolute atomic E-state index is 0.113. The Morgan fingerprint density at radius 2 is 1.76 bits per heavy atom. The Morgan fingerprint density at radius 1 is 1.14 bits per heavy atom. The smallest absolute Gasteiger partial charge is 0.240 e. The third-order valence-corrected chi connectivity index (χ3v) is 5.61. The van der Waals surface area contributed by atoms with Gasteiger partial charge in [0.1, 0.15) is 0 Å². The number of aryl methyl sites for hydroxylation is 1. The minimum atomic E-state index is -3.42. The van der Waals surface area contributed by atoms with Gasteiger partial charge in [-0.15, -0.1) is 0 Å². The summed E-state index contributed by atoms with van der Waals surface area (Å²) in [6, 6.07) is 7.38. The molecule has 0 amide bonds. The van der Waals surface area contributed by atoms with Crippen LogP contribution in [0.25, 0.3) is 0 Å². The van der Waals surface area contributed by atoms with E-state index in [2.05, 4.69) is 10.0 Å². The fourth-order valence-corrected chi connectivity index (χ4v) is 3.99. The van der Waals surface area contributed by atoms with E-state index in [-0.39, 0.29) is 6.04 Å². The van der Waals surface area contributed by atoms with E-state index < -0.39 is 10.0 Å². The number of hydrogen-bond acceptors (Lipinski definition) is 3. The van der Waals surface area contributed by atoms with Crippen molar-refractivity contribution in [3.8, 4) is 0 Å². The number of nitrogens with one attached hydrogen (secondary N) is 2. The number of hydrogen-bond donors (Lipinski definition) is 2. The van der Waals surface area contributed by atoms with E-state index in [0.717, 1.165) is 5.56 Å². The molecule has 1 fully saturated rings. The zero-order valence-corrected chi connectivity index (χ0v) is 13.7. The highest BCUT2D eigenvalue weighted by Crippen LogP contribution is 2.17. The molecule has 1 aliphatic rings. The van der Waals surface area contributed by atoms with Crippen LogP contribution in [0.15, 0.2) is 29.2 Å². The molecule has 0 saturated heterocycles. The van der Waals surface area contributed by atoms with Gasteiger partial charge in [-0.2, -0.15) is 0 Å². The molecule has 4 nitrogen and oxygen atoms in total. The molecule has 118 valence electrons. The summed E-state index contributed by atoms with van der Waals surface area (Å²) in [5.41, 5.74) is 1.06. The zero-order chi connectivity index (χ0) is 15.3. The Hall–Kier alpha value is -0.910. The van der Waals surface area contributed by atoms with Gasteiger partial charge in [0, 0.05) is 18.6 Å². The first kappa shape index (κ1) is 16.5. The van der Waals surface area contributed by atoms with E-state index in [4.69, 9.17) is 0 Å². The first-order valence-corrected chi connectivity index (χ1v) is 9.28. The zero-order valence-electron chi connectivity index (χ0n) is 12.9. The van der Waals surface area contributed by atoms with E-state index in [0.29, 0.717) is 17.5 Å². The highest BCUT2D eigenvalue weighted by molar-refractivity contribution is 7.89. The minimum Gasteiger partial charge on any atom is -0.312 e. The summed E-state index contributed by atoms with van der Waals surface area (Å²) in [5.74, 6) is 0. The van der Waals surface area contributed by atoms with Crippen molar-refractivity contribution in [1.29, 1.82) is 0 Å². The molecule has 1 saturated carbocycles. The van der Waals surface area contributed by atoms with Crippen LogP contribution in [0.4, 0.5) is 0 Å². The predicted molar refractivity (Wildman–Crippen MR) is 85.8 cm³/mol. The van der Waals surface area contributed by atoms with Gasteiger partial charge in [0.15, 0.2) is 0 Å². The molecule has 2 N–H and O–H groups in total. The molecule has 1 aliphatic carbocycles. The molecule has 2 rings (SSSR count). The first-order valence-electron chi connectivity index (χ1n) is 7.80. The number of benzene rings is 1. The van der Waals surface area contributed by atoms with Gasteiger partial charge in [-0.3, -0.25) is 0 Å². The molecular formula is C16H26N2O2S. The monoisotopic (exact) mass is 310 g/mol.